The number of amides is 1. The summed E-state index contributed by atoms with van der Waals surface area (Å²) in [6, 6.07) is 0. The normalized spacial score (nSPS) is 8.90. The lowest BCUT2D eigenvalue weighted by atomic mass is 10.1. The third kappa shape index (κ3) is 5.34. The number of hydrogen-bond donors (Lipinski definition) is 1. The molecule has 0 aromatic heterocycles. The standard InChI is InChI=1S/C6H10BNO2/c1-5(9)2-3-8-6(10)4-7/h2-4H2,1H3,(H,8,10). The first kappa shape index (κ1) is 9.20. The fourth-order valence-electron chi connectivity index (χ4n) is 0.450. The predicted molar refractivity (Wildman–Crippen MR) is 38.9 cm³/mol. The summed E-state index contributed by atoms with van der Waals surface area (Å²) in [7, 11) is 4.99. The first-order valence-corrected chi connectivity index (χ1v) is 3.13. The molecule has 1 amide bonds. The second-order valence-corrected chi connectivity index (χ2v) is 2.01. The summed E-state index contributed by atoms with van der Waals surface area (Å²) in [6.45, 7) is 1.87. The van der Waals surface area contributed by atoms with Crippen LogP contribution in [0.15, 0.2) is 0 Å². The summed E-state index contributed by atoms with van der Waals surface area (Å²) in [4.78, 5) is 20.8. The Kier molecular flexibility index (Phi) is 4.63. The van der Waals surface area contributed by atoms with E-state index in [9.17, 15) is 9.59 Å². The lowest BCUT2D eigenvalue weighted by Crippen LogP contribution is -2.24. The molecule has 0 aliphatic heterocycles. The molecule has 0 aliphatic rings. The van der Waals surface area contributed by atoms with Gasteiger partial charge in [0.1, 0.15) is 5.78 Å². The molecule has 0 bridgehead atoms. The zero-order chi connectivity index (χ0) is 7.98. The fraction of sp³-hybridized carbons (Fsp3) is 0.667. The number of hydrogen-bond acceptors (Lipinski definition) is 2. The van der Waals surface area contributed by atoms with Gasteiger partial charge >= 0.3 is 0 Å². The van der Waals surface area contributed by atoms with E-state index in [0.717, 1.165) is 0 Å². The van der Waals surface area contributed by atoms with Crippen LogP contribution in [0.2, 0.25) is 6.32 Å². The van der Waals surface area contributed by atoms with Crippen LogP contribution < -0.4 is 5.32 Å². The molecule has 10 heavy (non-hydrogen) atoms. The molecule has 0 aromatic carbocycles. The largest absolute Gasteiger partial charge is 0.356 e. The van der Waals surface area contributed by atoms with E-state index in [1.54, 1.807) is 0 Å². The van der Waals surface area contributed by atoms with Crippen LogP contribution in [-0.4, -0.2) is 26.1 Å². The minimum Gasteiger partial charge on any atom is -0.356 e. The van der Waals surface area contributed by atoms with E-state index in [1.165, 1.54) is 6.92 Å². The minimum absolute atomic E-state index is 0.0160. The van der Waals surface area contributed by atoms with Gasteiger partial charge in [0.25, 0.3) is 0 Å². The maximum Gasteiger partial charge on any atom is 0.211 e. The van der Waals surface area contributed by atoms with Crippen LogP contribution >= 0.6 is 0 Å². The number of rotatable bonds is 4. The van der Waals surface area contributed by atoms with Gasteiger partial charge < -0.3 is 5.32 Å². The Morgan fingerprint density at radius 3 is 2.50 bits per heavy atom. The average molecular weight is 139 g/mol. The molecular weight excluding hydrogens is 129 g/mol. The Morgan fingerprint density at radius 2 is 2.10 bits per heavy atom. The number of carbonyl (C=O) groups is 2. The van der Waals surface area contributed by atoms with Crippen molar-refractivity contribution in [3.63, 3.8) is 0 Å². The smallest absolute Gasteiger partial charge is 0.211 e. The van der Waals surface area contributed by atoms with Gasteiger partial charge in [0, 0.05) is 13.0 Å². The highest BCUT2D eigenvalue weighted by atomic mass is 16.1. The van der Waals surface area contributed by atoms with Crippen LogP contribution in [-0.2, 0) is 9.59 Å². The Bertz CT molecular complexity index is 136. The minimum atomic E-state index is -0.221. The first-order chi connectivity index (χ1) is 4.66. The number of ketones is 1. The van der Waals surface area contributed by atoms with Gasteiger partial charge in [-0.1, -0.05) is 0 Å². The molecule has 54 valence electrons. The molecule has 3 nitrogen and oxygen atoms in total. The Morgan fingerprint density at radius 1 is 1.50 bits per heavy atom. The van der Waals surface area contributed by atoms with Crippen LogP contribution in [0.3, 0.4) is 0 Å². The maximum atomic E-state index is 10.4. The van der Waals surface area contributed by atoms with E-state index in [2.05, 4.69) is 5.32 Å². The van der Waals surface area contributed by atoms with E-state index in [-0.39, 0.29) is 18.0 Å². The predicted octanol–water partition coefficient (Wildman–Crippen LogP) is -0.331. The summed E-state index contributed by atoms with van der Waals surface area (Å²) in [5, 5.41) is 2.48. The summed E-state index contributed by atoms with van der Waals surface area (Å²) < 4.78 is 0. The molecule has 4 heteroatoms. The number of nitrogens with one attached hydrogen (secondary N) is 1. The summed E-state index contributed by atoms with van der Waals surface area (Å²) in [5.74, 6) is -0.154. The van der Waals surface area contributed by atoms with Gasteiger partial charge in [0.2, 0.25) is 5.91 Å². The topological polar surface area (TPSA) is 46.2 Å². The molecule has 0 heterocycles. The highest BCUT2D eigenvalue weighted by Gasteiger charge is 1.96. The van der Waals surface area contributed by atoms with E-state index in [0.29, 0.717) is 13.0 Å². The van der Waals surface area contributed by atoms with Crippen molar-refractivity contribution in [2.75, 3.05) is 6.54 Å². The molecular formula is C6H10BNO2. The SMILES string of the molecule is [B]CC(=O)NCCC(C)=O. The first-order valence-electron chi connectivity index (χ1n) is 3.13. The van der Waals surface area contributed by atoms with E-state index in [4.69, 9.17) is 7.85 Å². The van der Waals surface area contributed by atoms with Crippen LogP contribution in [0.1, 0.15) is 13.3 Å². The van der Waals surface area contributed by atoms with Gasteiger partial charge in [-0.25, -0.2) is 0 Å². The molecule has 0 atom stereocenters. The van der Waals surface area contributed by atoms with Crippen molar-refractivity contribution in [3.8, 4) is 0 Å². The lowest BCUT2D eigenvalue weighted by molar-refractivity contribution is -0.119. The average Bonchev–Trinajstić information content (AvgIpc) is 1.87. The van der Waals surface area contributed by atoms with Crippen LogP contribution in [0.25, 0.3) is 0 Å². The van der Waals surface area contributed by atoms with E-state index < -0.39 is 0 Å². The molecule has 0 saturated heterocycles. The molecule has 1 N–H and O–H groups in total. The van der Waals surface area contributed by atoms with E-state index >= 15 is 0 Å². The van der Waals surface area contributed by atoms with Gasteiger partial charge in [0.15, 0.2) is 0 Å². The molecule has 0 aliphatic carbocycles. The highest BCUT2D eigenvalue weighted by Crippen LogP contribution is 1.79. The van der Waals surface area contributed by atoms with Crippen LogP contribution in [0.4, 0.5) is 0 Å². The van der Waals surface area contributed by atoms with Crippen LogP contribution in [0.5, 0.6) is 0 Å². The molecule has 0 saturated carbocycles. The molecule has 2 radical (unpaired) electrons. The Balaban J connectivity index is 3.20. The van der Waals surface area contributed by atoms with Gasteiger partial charge in [-0.15, -0.1) is 0 Å². The summed E-state index contributed by atoms with van der Waals surface area (Å²) in [6.07, 6.45) is 0.365. The Hall–Kier alpha value is -0.795. The van der Waals surface area contributed by atoms with Crippen molar-refractivity contribution < 1.29 is 9.59 Å². The summed E-state index contributed by atoms with van der Waals surface area (Å²) in [5.41, 5.74) is 0. The zero-order valence-corrected chi connectivity index (χ0v) is 6.02. The van der Waals surface area contributed by atoms with Crippen molar-refractivity contribution in [3.05, 3.63) is 0 Å². The quantitative estimate of drug-likeness (QED) is 0.542. The van der Waals surface area contributed by atoms with Gasteiger partial charge in [-0.3, -0.25) is 9.59 Å². The lowest BCUT2D eigenvalue weighted by Gasteiger charge is -1.99. The molecule has 0 fully saturated rings. The van der Waals surface area contributed by atoms with Crippen molar-refractivity contribution in [2.45, 2.75) is 19.7 Å². The van der Waals surface area contributed by atoms with Crippen LogP contribution in [0, 0.1) is 0 Å². The van der Waals surface area contributed by atoms with Crippen molar-refractivity contribution in [1.82, 2.24) is 5.32 Å². The number of Topliss-reactive ketones (excluding diaryl/α,β-unsaturated/α-hetero) is 1. The Labute approximate surface area is 61.6 Å². The van der Waals surface area contributed by atoms with E-state index in [1.807, 2.05) is 0 Å². The second-order valence-electron chi connectivity index (χ2n) is 2.01. The van der Waals surface area contributed by atoms with Crippen molar-refractivity contribution in [2.24, 2.45) is 0 Å². The molecule has 0 rings (SSSR count). The van der Waals surface area contributed by atoms with Gasteiger partial charge in [0.05, 0.1) is 7.85 Å². The van der Waals surface area contributed by atoms with Crippen molar-refractivity contribution >= 4 is 19.5 Å². The summed E-state index contributed by atoms with van der Waals surface area (Å²) >= 11 is 0. The molecule has 0 spiro atoms. The molecule has 0 unspecified atom stereocenters. The van der Waals surface area contributed by atoms with Crippen molar-refractivity contribution in [1.29, 1.82) is 0 Å². The molecule has 0 aromatic rings. The zero-order valence-electron chi connectivity index (χ0n) is 6.02. The third-order valence-corrected chi connectivity index (χ3v) is 0.985. The van der Waals surface area contributed by atoms with Gasteiger partial charge in [-0.05, 0) is 13.2 Å². The monoisotopic (exact) mass is 139 g/mol. The third-order valence-electron chi connectivity index (χ3n) is 0.985. The fourth-order valence-corrected chi connectivity index (χ4v) is 0.450. The van der Waals surface area contributed by atoms with Gasteiger partial charge in [-0.2, -0.15) is 0 Å². The second kappa shape index (κ2) is 5.03. The number of carbonyl (C=O) groups excluding carboxylic acids is 2. The highest BCUT2D eigenvalue weighted by molar-refractivity contribution is 6.19. The maximum absolute atomic E-state index is 10.4.